The highest BCUT2D eigenvalue weighted by Gasteiger charge is 2.18. The SMILES string of the molecule is O=C(O)CN(CC(=O)O)CC(=O)Nc1ncc(Cl)cc1Cl. The fourth-order valence-corrected chi connectivity index (χ4v) is 1.86. The van der Waals surface area contributed by atoms with Crippen molar-refractivity contribution in [2.24, 2.45) is 0 Å². The molecule has 0 unspecified atom stereocenters. The van der Waals surface area contributed by atoms with Crippen LogP contribution in [0.3, 0.4) is 0 Å². The van der Waals surface area contributed by atoms with Crippen LogP contribution < -0.4 is 5.32 Å². The summed E-state index contributed by atoms with van der Waals surface area (Å²) in [6, 6.07) is 1.37. The second kappa shape index (κ2) is 7.77. The summed E-state index contributed by atoms with van der Waals surface area (Å²) in [5, 5.41) is 20.1. The van der Waals surface area contributed by atoms with E-state index in [1.54, 1.807) is 0 Å². The van der Waals surface area contributed by atoms with Crippen LogP contribution in [-0.4, -0.2) is 57.6 Å². The number of carbonyl (C=O) groups is 3. The minimum atomic E-state index is -1.24. The molecule has 0 aromatic carbocycles. The average molecular weight is 336 g/mol. The first kappa shape index (κ1) is 17.2. The molecule has 1 rings (SSSR count). The van der Waals surface area contributed by atoms with Crippen LogP contribution in [0.5, 0.6) is 0 Å². The predicted octanol–water partition coefficient (Wildman–Crippen LogP) is 0.798. The summed E-state index contributed by atoms with van der Waals surface area (Å²) in [4.78, 5) is 37.7. The smallest absolute Gasteiger partial charge is 0.317 e. The number of anilines is 1. The van der Waals surface area contributed by atoms with Crippen LogP contribution in [0, 0.1) is 0 Å². The molecule has 8 nitrogen and oxygen atoms in total. The number of hydrogen-bond donors (Lipinski definition) is 3. The van der Waals surface area contributed by atoms with Gasteiger partial charge in [0.05, 0.1) is 29.7 Å². The van der Waals surface area contributed by atoms with E-state index < -0.39 is 37.5 Å². The molecule has 0 saturated heterocycles. The lowest BCUT2D eigenvalue weighted by Gasteiger charge is -2.17. The van der Waals surface area contributed by atoms with E-state index >= 15 is 0 Å². The summed E-state index contributed by atoms with van der Waals surface area (Å²) in [5.41, 5.74) is 0. The van der Waals surface area contributed by atoms with Gasteiger partial charge in [-0.15, -0.1) is 0 Å². The average Bonchev–Trinajstić information content (AvgIpc) is 2.30. The molecular formula is C11H11Cl2N3O5. The van der Waals surface area contributed by atoms with Crippen LogP contribution in [0.1, 0.15) is 0 Å². The van der Waals surface area contributed by atoms with E-state index in [-0.39, 0.29) is 15.9 Å². The molecule has 0 radical (unpaired) electrons. The highest BCUT2D eigenvalue weighted by molar-refractivity contribution is 6.36. The number of carboxylic acid groups (broad SMARTS) is 2. The summed E-state index contributed by atoms with van der Waals surface area (Å²) < 4.78 is 0. The quantitative estimate of drug-likeness (QED) is 0.673. The third-order valence-electron chi connectivity index (χ3n) is 2.15. The van der Waals surface area contributed by atoms with Gasteiger partial charge in [-0.25, -0.2) is 4.98 Å². The van der Waals surface area contributed by atoms with E-state index in [2.05, 4.69) is 10.3 Å². The highest BCUT2D eigenvalue weighted by Crippen LogP contribution is 2.22. The van der Waals surface area contributed by atoms with Gasteiger partial charge in [-0.1, -0.05) is 23.2 Å². The molecule has 1 amide bonds. The number of nitrogens with one attached hydrogen (secondary N) is 1. The standard InChI is InChI=1S/C11H11Cl2N3O5/c12-6-1-7(13)11(14-2-6)15-8(17)3-16(4-9(18)19)5-10(20)21/h1-2H,3-5H2,(H,18,19)(H,20,21)(H,14,15,17). The first-order valence-electron chi connectivity index (χ1n) is 5.54. The molecule has 0 atom stereocenters. The Labute approximate surface area is 129 Å². The molecule has 0 aliphatic carbocycles. The summed E-state index contributed by atoms with van der Waals surface area (Å²) >= 11 is 11.5. The molecule has 0 bridgehead atoms. The van der Waals surface area contributed by atoms with Crippen molar-refractivity contribution in [3.63, 3.8) is 0 Å². The van der Waals surface area contributed by atoms with Crippen molar-refractivity contribution in [3.8, 4) is 0 Å². The molecule has 21 heavy (non-hydrogen) atoms. The Kier molecular flexibility index (Phi) is 6.35. The van der Waals surface area contributed by atoms with Crippen LogP contribution >= 0.6 is 23.2 Å². The van der Waals surface area contributed by atoms with Crippen molar-refractivity contribution >= 4 is 46.9 Å². The Balaban J connectivity index is 2.68. The number of rotatable bonds is 7. The largest absolute Gasteiger partial charge is 0.480 e. The number of hydrogen-bond acceptors (Lipinski definition) is 5. The van der Waals surface area contributed by atoms with Crippen LogP contribution in [0.15, 0.2) is 12.3 Å². The lowest BCUT2D eigenvalue weighted by Crippen LogP contribution is -2.40. The molecule has 1 heterocycles. The normalized spacial score (nSPS) is 10.4. The van der Waals surface area contributed by atoms with Gasteiger partial charge in [0.25, 0.3) is 0 Å². The van der Waals surface area contributed by atoms with Gasteiger partial charge in [0, 0.05) is 6.20 Å². The highest BCUT2D eigenvalue weighted by atomic mass is 35.5. The van der Waals surface area contributed by atoms with E-state index in [4.69, 9.17) is 33.4 Å². The van der Waals surface area contributed by atoms with Gasteiger partial charge >= 0.3 is 11.9 Å². The lowest BCUT2D eigenvalue weighted by molar-refractivity contribution is -0.142. The summed E-state index contributed by atoms with van der Waals surface area (Å²) in [7, 11) is 0. The van der Waals surface area contributed by atoms with Crippen molar-refractivity contribution in [1.29, 1.82) is 0 Å². The van der Waals surface area contributed by atoms with Gasteiger partial charge in [-0.05, 0) is 6.07 Å². The van der Waals surface area contributed by atoms with Gasteiger partial charge in [0.2, 0.25) is 5.91 Å². The molecule has 114 valence electrons. The van der Waals surface area contributed by atoms with Crippen molar-refractivity contribution in [2.75, 3.05) is 25.0 Å². The maximum Gasteiger partial charge on any atom is 0.317 e. The summed E-state index contributed by atoms with van der Waals surface area (Å²) in [6.45, 7) is -1.60. The maximum atomic E-state index is 11.8. The summed E-state index contributed by atoms with van der Waals surface area (Å²) in [5.74, 6) is -3.08. The van der Waals surface area contributed by atoms with Gasteiger partial charge in [-0.2, -0.15) is 0 Å². The summed E-state index contributed by atoms with van der Waals surface area (Å²) in [6.07, 6.45) is 1.27. The van der Waals surface area contributed by atoms with E-state index in [1.165, 1.54) is 12.3 Å². The minimum Gasteiger partial charge on any atom is -0.480 e. The molecule has 0 aliphatic rings. The maximum absolute atomic E-state index is 11.8. The number of pyridine rings is 1. The van der Waals surface area contributed by atoms with Gasteiger partial charge < -0.3 is 15.5 Å². The lowest BCUT2D eigenvalue weighted by atomic mass is 10.4. The molecule has 0 fully saturated rings. The second-order valence-electron chi connectivity index (χ2n) is 3.96. The first-order valence-corrected chi connectivity index (χ1v) is 6.30. The van der Waals surface area contributed by atoms with Crippen LogP contribution in [0.4, 0.5) is 5.82 Å². The third kappa shape index (κ3) is 6.39. The number of aliphatic carboxylic acids is 2. The van der Waals surface area contributed by atoms with Crippen molar-refractivity contribution in [3.05, 3.63) is 22.3 Å². The number of amides is 1. The minimum absolute atomic E-state index is 0.0525. The Morgan fingerprint density at radius 3 is 2.19 bits per heavy atom. The van der Waals surface area contributed by atoms with Crippen molar-refractivity contribution in [1.82, 2.24) is 9.88 Å². The Hall–Kier alpha value is -1.90. The molecule has 0 spiro atoms. The van der Waals surface area contributed by atoms with E-state index in [9.17, 15) is 14.4 Å². The Morgan fingerprint density at radius 2 is 1.71 bits per heavy atom. The molecule has 1 aromatic rings. The molecule has 0 aliphatic heterocycles. The monoisotopic (exact) mass is 335 g/mol. The number of carboxylic acids is 2. The van der Waals surface area contributed by atoms with Gasteiger partial charge in [0.15, 0.2) is 5.82 Å². The molecular weight excluding hydrogens is 325 g/mol. The predicted molar refractivity (Wildman–Crippen MR) is 74.6 cm³/mol. The van der Waals surface area contributed by atoms with Crippen LogP contribution in [0.25, 0.3) is 0 Å². The van der Waals surface area contributed by atoms with Crippen molar-refractivity contribution < 1.29 is 24.6 Å². The first-order chi connectivity index (χ1) is 9.77. The molecule has 0 saturated carbocycles. The van der Waals surface area contributed by atoms with E-state index in [0.717, 1.165) is 4.90 Å². The zero-order valence-corrected chi connectivity index (χ0v) is 12.1. The van der Waals surface area contributed by atoms with E-state index in [0.29, 0.717) is 0 Å². The zero-order valence-electron chi connectivity index (χ0n) is 10.5. The fourth-order valence-electron chi connectivity index (χ4n) is 1.43. The van der Waals surface area contributed by atoms with Gasteiger partial charge in [-0.3, -0.25) is 19.3 Å². The van der Waals surface area contributed by atoms with Crippen LogP contribution in [-0.2, 0) is 14.4 Å². The molecule has 1 aromatic heterocycles. The Morgan fingerprint density at radius 1 is 1.14 bits per heavy atom. The number of nitrogens with zero attached hydrogens (tertiary/aromatic N) is 2. The fraction of sp³-hybridized carbons (Fsp3) is 0.273. The van der Waals surface area contributed by atoms with E-state index in [1.807, 2.05) is 0 Å². The zero-order chi connectivity index (χ0) is 16.0. The number of halogens is 2. The van der Waals surface area contributed by atoms with Crippen LogP contribution in [0.2, 0.25) is 10.0 Å². The topological polar surface area (TPSA) is 120 Å². The number of aromatic nitrogens is 1. The van der Waals surface area contributed by atoms with Gasteiger partial charge in [0.1, 0.15) is 0 Å². The van der Waals surface area contributed by atoms with Crippen molar-refractivity contribution in [2.45, 2.75) is 0 Å². The third-order valence-corrected chi connectivity index (χ3v) is 2.65. The Bertz CT molecular complexity index is 551. The molecule has 10 heteroatoms. The second-order valence-corrected chi connectivity index (χ2v) is 4.81. The number of carbonyl (C=O) groups excluding carboxylic acids is 1. The molecule has 3 N–H and O–H groups in total.